The molecular weight excluding hydrogens is 138 g/mol. The average molecular weight is 149 g/mol. The average Bonchev–Trinajstić information content (AvgIpc) is 2.47. The fourth-order valence-electron chi connectivity index (χ4n) is 0.817. The zero-order chi connectivity index (χ0) is 7.07. The molecule has 1 fully saturated rings. The van der Waals surface area contributed by atoms with Crippen molar-refractivity contribution in [2.75, 3.05) is 5.75 Å². The SMILES string of the molecule is CCS(=O)(=O)C1CC1N. The van der Waals surface area contributed by atoms with Crippen molar-refractivity contribution >= 4 is 9.84 Å². The normalized spacial score (nSPS) is 34.4. The van der Waals surface area contributed by atoms with E-state index in [1.54, 1.807) is 6.92 Å². The van der Waals surface area contributed by atoms with Crippen molar-refractivity contribution in [2.24, 2.45) is 5.73 Å². The third-order valence-electron chi connectivity index (χ3n) is 1.64. The predicted octanol–water partition coefficient (Wildman–Crippen LogP) is -0.479. The molecule has 0 aromatic carbocycles. The first kappa shape index (κ1) is 7.02. The molecule has 0 saturated heterocycles. The van der Waals surface area contributed by atoms with E-state index in [2.05, 4.69) is 0 Å². The maximum absolute atomic E-state index is 10.9. The van der Waals surface area contributed by atoms with Gasteiger partial charge in [-0.2, -0.15) is 0 Å². The molecular formula is C5H11NO2S. The van der Waals surface area contributed by atoms with Crippen molar-refractivity contribution in [3.05, 3.63) is 0 Å². The molecule has 0 amide bonds. The second kappa shape index (κ2) is 1.95. The van der Waals surface area contributed by atoms with E-state index in [4.69, 9.17) is 5.73 Å². The van der Waals surface area contributed by atoms with Gasteiger partial charge in [-0.15, -0.1) is 0 Å². The molecule has 2 atom stereocenters. The van der Waals surface area contributed by atoms with Gasteiger partial charge < -0.3 is 5.73 Å². The van der Waals surface area contributed by atoms with Crippen LogP contribution in [0.25, 0.3) is 0 Å². The Labute approximate surface area is 55.2 Å². The molecule has 0 spiro atoms. The van der Waals surface area contributed by atoms with Crippen molar-refractivity contribution < 1.29 is 8.42 Å². The van der Waals surface area contributed by atoms with E-state index in [0.29, 0.717) is 6.42 Å². The molecule has 1 aliphatic carbocycles. The van der Waals surface area contributed by atoms with Crippen LogP contribution in [0.15, 0.2) is 0 Å². The quantitative estimate of drug-likeness (QED) is 0.577. The Bertz CT molecular complexity index is 197. The van der Waals surface area contributed by atoms with Gasteiger partial charge in [0, 0.05) is 11.8 Å². The van der Waals surface area contributed by atoms with Gasteiger partial charge in [0.25, 0.3) is 0 Å². The summed E-state index contributed by atoms with van der Waals surface area (Å²) in [6.07, 6.45) is 0.663. The van der Waals surface area contributed by atoms with Gasteiger partial charge in [0.05, 0.1) is 5.25 Å². The Hall–Kier alpha value is -0.0900. The minimum atomic E-state index is -2.80. The van der Waals surface area contributed by atoms with E-state index in [1.807, 2.05) is 0 Å². The highest BCUT2D eigenvalue weighted by molar-refractivity contribution is 7.92. The minimum Gasteiger partial charge on any atom is -0.326 e. The van der Waals surface area contributed by atoms with Crippen LogP contribution in [0.3, 0.4) is 0 Å². The minimum absolute atomic E-state index is 0.0741. The van der Waals surface area contributed by atoms with Crippen LogP contribution in [0.5, 0.6) is 0 Å². The number of rotatable bonds is 2. The first-order valence-corrected chi connectivity index (χ1v) is 4.76. The smallest absolute Gasteiger partial charge is 0.154 e. The molecule has 1 saturated carbocycles. The van der Waals surface area contributed by atoms with Crippen LogP contribution in [0, 0.1) is 0 Å². The van der Waals surface area contributed by atoms with Gasteiger partial charge >= 0.3 is 0 Å². The third-order valence-corrected chi connectivity index (χ3v) is 3.91. The summed E-state index contributed by atoms with van der Waals surface area (Å²) >= 11 is 0. The highest BCUT2D eigenvalue weighted by atomic mass is 32.2. The van der Waals surface area contributed by atoms with Gasteiger partial charge in [0.1, 0.15) is 0 Å². The lowest BCUT2D eigenvalue weighted by Crippen LogP contribution is -2.16. The fourth-order valence-corrected chi connectivity index (χ4v) is 2.29. The Balaban J connectivity index is 2.63. The first-order chi connectivity index (χ1) is 4.08. The standard InChI is InChI=1S/C5H11NO2S/c1-2-9(7,8)5-3-4(5)6/h4-5H,2-3,6H2,1H3. The number of nitrogens with two attached hydrogens (primary N) is 1. The molecule has 3 nitrogen and oxygen atoms in total. The van der Waals surface area contributed by atoms with Gasteiger partial charge in [0.15, 0.2) is 9.84 Å². The van der Waals surface area contributed by atoms with Crippen LogP contribution < -0.4 is 5.73 Å². The molecule has 0 aromatic rings. The summed E-state index contributed by atoms with van der Waals surface area (Å²) in [4.78, 5) is 0. The molecule has 0 bridgehead atoms. The Morgan fingerprint density at radius 2 is 2.11 bits per heavy atom. The number of sulfone groups is 1. The summed E-state index contributed by atoms with van der Waals surface area (Å²) < 4.78 is 21.8. The van der Waals surface area contributed by atoms with Crippen LogP contribution >= 0.6 is 0 Å². The molecule has 4 heteroatoms. The predicted molar refractivity (Wildman–Crippen MR) is 35.8 cm³/mol. The fraction of sp³-hybridized carbons (Fsp3) is 1.00. The Morgan fingerprint density at radius 3 is 2.22 bits per heavy atom. The van der Waals surface area contributed by atoms with E-state index < -0.39 is 9.84 Å². The van der Waals surface area contributed by atoms with Gasteiger partial charge in [0.2, 0.25) is 0 Å². The summed E-state index contributed by atoms with van der Waals surface area (Å²) in [5.41, 5.74) is 5.35. The third kappa shape index (κ3) is 1.24. The lowest BCUT2D eigenvalue weighted by atomic mass is 10.8. The van der Waals surface area contributed by atoms with E-state index in [-0.39, 0.29) is 17.0 Å². The monoisotopic (exact) mass is 149 g/mol. The first-order valence-electron chi connectivity index (χ1n) is 3.05. The van der Waals surface area contributed by atoms with Crippen molar-refractivity contribution in [2.45, 2.75) is 24.6 Å². The second-order valence-corrected chi connectivity index (χ2v) is 4.90. The summed E-state index contributed by atoms with van der Waals surface area (Å²) in [5, 5.41) is -0.220. The van der Waals surface area contributed by atoms with Crippen LogP contribution in [0.1, 0.15) is 13.3 Å². The molecule has 54 valence electrons. The summed E-state index contributed by atoms with van der Waals surface area (Å²) in [6, 6.07) is -0.0741. The number of hydrogen-bond donors (Lipinski definition) is 1. The molecule has 0 radical (unpaired) electrons. The molecule has 0 aromatic heterocycles. The van der Waals surface area contributed by atoms with Crippen molar-refractivity contribution in [1.29, 1.82) is 0 Å². The van der Waals surface area contributed by atoms with E-state index in [0.717, 1.165) is 0 Å². The lowest BCUT2D eigenvalue weighted by Gasteiger charge is -1.94. The lowest BCUT2D eigenvalue weighted by molar-refractivity contribution is 0.595. The molecule has 0 aliphatic heterocycles. The molecule has 2 unspecified atom stereocenters. The van der Waals surface area contributed by atoms with Crippen molar-refractivity contribution in [3.63, 3.8) is 0 Å². The van der Waals surface area contributed by atoms with Gasteiger partial charge in [-0.1, -0.05) is 6.92 Å². The molecule has 0 heterocycles. The van der Waals surface area contributed by atoms with Gasteiger partial charge in [-0.3, -0.25) is 0 Å². The van der Waals surface area contributed by atoms with Crippen molar-refractivity contribution in [1.82, 2.24) is 0 Å². The summed E-state index contributed by atoms with van der Waals surface area (Å²) in [7, 11) is -2.80. The maximum Gasteiger partial charge on any atom is 0.154 e. The summed E-state index contributed by atoms with van der Waals surface area (Å²) in [6.45, 7) is 1.65. The topological polar surface area (TPSA) is 60.2 Å². The molecule has 2 N–H and O–H groups in total. The largest absolute Gasteiger partial charge is 0.326 e. The Kier molecular flexibility index (Phi) is 1.52. The molecule has 9 heavy (non-hydrogen) atoms. The maximum atomic E-state index is 10.9. The highest BCUT2D eigenvalue weighted by Crippen LogP contribution is 2.27. The van der Waals surface area contributed by atoms with E-state index in [1.165, 1.54) is 0 Å². The van der Waals surface area contributed by atoms with Crippen molar-refractivity contribution in [3.8, 4) is 0 Å². The van der Waals surface area contributed by atoms with Crippen LogP contribution in [0.2, 0.25) is 0 Å². The van der Waals surface area contributed by atoms with Crippen LogP contribution in [0.4, 0.5) is 0 Å². The van der Waals surface area contributed by atoms with E-state index >= 15 is 0 Å². The number of hydrogen-bond acceptors (Lipinski definition) is 3. The second-order valence-electron chi connectivity index (χ2n) is 2.39. The summed E-state index contributed by atoms with van der Waals surface area (Å²) in [5.74, 6) is 0.228. The van der Waals surface area contributed by atoms with Gasteiger partial charge in [-0.05, 0) is 6.42 Å². The molecule has 1 aliphatic rings. The van der Waals surface area contributed by atoms with Crippen LogP contribution in [-0.2, 0) is 9.84 Å². The highest BCUT2D eigenvalue weighted by Gasteiger charge is 2.43. The van der Waals surface area contributed by atoms with E-state index in [9.17, 15) is 8.42 Å². The molecule has 1 rings (SSSR count). The zero-order valence-corrected chi connectivity index (χ0v) is 6.19. The van der Waals surface area contributed by atoms with Crippen LogP contribution in [-0.4, -0.2) is 25.5 Å². The zero-order valence-electron chi connectivity index (χ0n) is 5.37. The van der Waals surface area contributed by atoms with Gasteiger partial charge in [-0.25, -0.2) is 8.42 Å². The Morgan fingerprint density at radius 1 is 1.67 bits per heavy atom.